The van der Waals surface area contributed by atoms with Gasteiger partial charge < -0.3 is 5.32 Å². The van der Waals surface area contributed by atoms with E-state index in [2.05, 4.69) is 15.8 Å². The van der Waals surface area contributed by atoms with E-state index < -0.39 is 0 Å². The summed E-state index contributed by atoms with van der Waals surface area (Å²) in [5.41, 5.74) is 6.21. The maximum Gasteiger partial charge on any atom is 0.240 e. The lowest BCUT2D eigenvalue weighted by molar-refractivity contribution is -0.122. The van der Waals surface area contributed by atoms with Crippen LogP contribution in [0.2, 0.25) is 0 Å². The summed E-state index contributed by atoms with van der Waals surface area (Å²) >= 11 is 0. The molecule has 3 rings (SSSR count). The van der Waals surface area contributed by atoms with Gasteiger partial charge in [-0.3, -0.25) is 9.59 Å². The quantitative estimate of drug-likeness (QED) is 0.773. The molecule has 0 aliphatic carbocycles. The average Bonchev–Trinajstić information content (AvgIpc) is 2.68. The zero-order chi connectivity index (χ0) is 12.7. The molecule has 1 unspecified atom stereocenters. The van der Waals surface area contributed by atoms with Crippen LogP contribution in [0.15, 0.2) is 23.3 Å². The summed E-state index contributed by atoms with van der Waals surface area (Å²) in [5.74, 6) is 0.0696. The molecule has 2 aliphatic rings. The molecule has 1 atom stereocenters. The Kier molecular flexibility index (Phi) is 2.40. The number of hydrogen-bond donors (Lipinski definition) is 2. The summed E-state index contributed by atoms with van der Waals surface area (Å²) in [7, 11) is 0. The summed E-state index contributed by atoms with van der Waals surface area (Å²) in [6, 6.07) is 5.79. The standard InChI is InChI=1S/C13H13N3O2/c1-7-4-12(18)15-16-13(7)8-2-3-10-9(5-8)6-11(17)14-10/h2-3,5,7H,4,6H2,1H3,(H,14,17)(H,15,18). The predicted molar refractivity (Wildman–Crippen MR) is 67.2 cm³/mol. The van der Waals surface area contributed by atoms with E-state index in [1.807, 2.05) is 25.1 Å². The smallest absolute Gasteiger partial charge is 0.240 e. The van der Waals surface area contributed by atoms with Crippen LogP contribution in [0.5, 0.6) is 0 Å². The van der Waals surface area contributed by atoms with Crippen molar-refractivity contribution in [3.63, 3.8) is 0 Å². The largest absolute Gasteiger partial charge is 0.326 e. The van der Waals surface area contributed by atoms with Crippen LogP contribution < -0.4 is 10.7 Å². The van der Waals surface area contributed by atoms with Crippen LogP contribution in [-0.4, -0.2) is 17.5 Å². The molecule has 1 aromatic carbocycles. The van der Waals surface area contributed by atoms with Crippen molar-refractivity contribution in [2.24, 2.45) is 11.0 Å². The SMILES string of the molecule is CC1CC(=O)NN=C1c1ccc2c(c1)CC(=O)N2. The number of carbonyl (C=O) groups is 2. The summed E-state index contributed by atoms with van der Waals surface area (Å²) in [4.78, 5) is 22.5. The zero-order valence-electron chi connectivity index (χ0n) is 9.99. The van der Waals surface area contributed by atoms with Crippen LogP contribution in [0.3, 0.4) is 0 Å². The number of fused-ring (bicyclic) bond motifs is 1. The zero-order valence-corrected chi connectivity index (χ0v) is 9.99. The minimum atomic E-state index is -0.0516. The molecule has 0 bridgehead atoms. The number of nitrogens with zero attached hydrogens (tertiary/aromatic N) is 1. The molecule has 2 heterocycles. The Morgan fingerprint density at radius 2 is 2.11 bits per heavy atom. The monoisotopic (exact) mass is 243 g/mol. The number of carbonyl (C=O) groups excluding carboxylic acids is 2. The molecule has 92 valence electrons. The van der Waals surface area contributed by atoms with Gasteiger partial charge in [0, 0.05) is 18.0 Å². The molecule has 0 aromatic heterocycles. The van der Waals surface area contributed by atoms with Crippen LogP contribution in [0.4, 0.5) is 5.69 Å². The van der Waals surface area contributed by atoms with E-state index in [4.69, 9.17) is 0 Å². The molecule has 5 nitrogen and oxygen atoms in total. The van der Waals surface area contributed by atoms with Gasteiger partial charge in [-0.1, -0.05) is 13.0 Å². The van der Waals surface area contributed by atoms with Gasteiger partial charge in [-0.05, 0) is 23.3 Å². The highest BCUT2D eigenvalue weighted by Gasteiger charge is 2.24. The van der Waals surface area contributed by atoms with Crippen LogP contribution in [-0.2, 0) is 16.0 Å². The molecule has 2 amide bonds. The van der Waals surface area contributed by atoms with Crippen LogP contribution >= 0.6 is 0 Å². The molecule has 18 heavy (non-hydrogen) atoms. The van der Waals surface area contributed by atoms with Gasteiger partial charge >= 0.3 is 0 Å². The topological polar surface area (TPSA) is 70.6 Å². The van der Waals surface area contributed by atoms with Crippen molar-refractivity contribution in [3.05, 3.63) is 29.3 Å². The highest BCUT2D eigenvalue weighted by molar-refractivity contribution is 6.07. The molecular formula is C13H13N3O2. The number of benzene rings is 1. The molecule has 0 fully saturated rings. The van der Waals surface area contributed by atoms with Gasteiger partial charge in [-0.25, -0.2) is 5.43 Å². The van der Waals surface area contributed by atoms with E-state index in [9.17, 15) is 9.59 Å². The van der Waals surface area contributed by atoms with Crippen LogP contribution in [0.1, 0.15) is 24.5 Å². The van der Waals surface area contributed by atoms with Crippen LogP contribution in [0.25, 0.3) is 0 Å². The first-order chi connectivity index (χ1) is 8.63. The first-order valence-corrected chi connectivity index (χ1v) is 5.93. The van der Waals surface area contributed by atoms with Gasteiger partial charge in [-0.2, -0.15) is 5.10 Å². The van der Waals surface area contributed by atoms with E-state index in [1.165, 1.54) is 0 Å². The van der Waals surface area contributed by atoms with Gasteiger partial charge in [0.05, 0.1) is 12.1 Å². The molecule has 0 spiro atoms. The molecule has 2 N–H and O–H groups in total. The first kappa shape index (κ1) is 11.0. The van der Waals surface area contributed by atoms with Crippen molar-refractivity contribution in [3.8, 4) is 0 Å². The van der Waals surface area contributed by atoms with Crippen molar-refractivity contribution in [2.75, 3.05) is 5.32 Å². The summed E-state index contributed by atoms with van der Waals surface area (Å²) < 4.78 is 0. The van der Waals surface area contributed by atoms with Gasteiger partial charge in [-0.15, -0.1) is 0 Å². The lowest BCUT2D eigenvalue weighted by Crippen LogP contribution is -2.31. The van der Waals surface area contributed by atoms with E-state index in [1.54, 1.807) is 0 Å². The Balaban J connectivity index is 1.97. The Morgan fingerprint density at radius 3 is 2.89 bits per heavy atom. The van der Waals surface area contributed by atoms with Crippen LogP contribution in [0, 0.1) is 5.92 Å². The molecule has 1 aromatic rings. The fourth-order valence-electron chi connectivity index (χ4n) is 2.39. The lowest BCUT2D eigenvalue weighted by atomic mass is 9.93. The van der Waals surface area contributed by atoms with E-state index in [0.717, 1.165) is 22.5 Å². The average molecular weight is 243 g/mol. The van der Waals surface area contributed by atoms with Crippen molar-refractivity contribution in [2.45, 2.75) is 19.8 Å². The Labute approximate surface area is 104 Å². The third-order valence-corrected chi connectivity index (χ3v) is 3.29. The van der Waals surface area contributed by atoms with Crippen molar-refractivity contribution in [1.29, 1.82) is 0 Å². The predicted octanol–water partition coefficient (Wildman–Crippen LogP) is 1.04. The number of rotatable bonds is 1. The number of hydrogen-bond acceptors (Lipinski definition) is 3. The summed E-state index contributed by atoms with van der Waals surface area (Å²) in [5, 5.41) is 6.92. The minimum Gasteiger partial charge on any atom is -0.326 e. The normalized spacial score (nSPS) is 22.1. The lowest BCUT2D eigenvalue weighted by Gasteiger charge is -2.19. The highest BCUT2D eigenvalue weighted by Crippen LogP contribution is 2.26. The van der Waals surface area contributed by atoms with Crippen molar-refractivity contribution >= 4 is 23.2 Å². The van der Waals surface area contributed by atoms with Gasteiger partial charge in [0.1, 0.15) is 0 Å². The van der Waals surface area contributed by atoms with E-state index in [-0.39, 0.29) is 17.7 Å². The summed E-state index contributed by atoms with van der Waals surface area (Å²) in [6.07, 6.45) is 0.865. The molecular weight excluding hydrogens is 230 g/mol. The molecule has 2 aliphatic heterocycles. The van der Waals surface area contributed by atoms with Crippen molar-refractivity contribution in [1.82, 2.24) is 5.43 Å². The van der Waals surface area contributed by atoms with E-state index in [0.29, 0.717) is 12.8 Å². The first-order valence-electron chi connectivity index (χ1n) is 5.93. The third kappa shape index (κ3) is 1.77. The number of anilines is 1. The molecule has 5 heteroatoms. The second kappa shape index (κ2) is 3.94. The van der Waals surface area contributed by atoms with Gasteiger partial charge in [0.25, 0.3) is 0 Å². The third-order valence-electron chi connectivity index (χ3n) is 3.29. The van der Waals surface area contributed by atoms with Crippen molar-refractivity contribution < 1.29 is 9.59 Å². The Morgan fingerprint density at radius 1 is 1.28 bits per heavy atom. The summed E-state index contributed by atoms with van der Waals surface area (Å²) in [6.45, 7) is 1.98. The Hall–Kier alpha value is -2.17. The second-order valence-corrected chi connectivity index (χ2v) is 4.73. The second-order valence-electron chi connectivity index (χ2n) is 4.73. The fourth-order valence-corrected chi connectivity index (χ4v) is 2.39. The number of amides is 2. The fraction of sp³-hybridized carbons (Fsp3) is 0.308. The number of nitrogens with one attached hydrogen (secondary N) is 2. The number of hydrazone groups is 1. The van der Waals surface area contributed by atoms with E-state index >= 15 is 0 Å². The molecule has 0 saturated heterocycles. The minimum absolute atomic E-state index is 0.0223. The molecule has 0 saturated carbocycles. The molecule has 0 radical (unpaired) electrons. The highest BCUT2D eigenvalue weighted by atomic mass is 16.2. The maximum absolute atomic E-state index is 11.3. The van der Waals surface area contributed by atoms with Gasteiger partial charge in [0.2, 0.25) is 11.8 Å². The van der Waals surface area contributed by atoms with Gasteiger partial charge in [0.15, 0.2) is 0 Å². The Bertz CT molecular complexity index is 578. The maximum atomic E-state index is 11.3.